The lowest BCUT2D eigenvalue weighted by Gasteiger charge is -2.38. The minimum atomic E-state index is 0.637. The third-order valence-corrected chi connectivity index (χ3v) is 4.18. The van der Waals surface area contributed by atoms with Crippen molar-refractivity contribution < 1.29 is 0 Å². The third-order valence-electron chi connectivity index (χ3n) is 4.18. The van der Waals surface area contributed by atoms with Crippen LogP contribution < -0.4 is 10.2 Å². The molecular weight excluding hydrogens is 244 g/mol. The molecule has 2 nitrogen and oxygen atoms in total. The van der Waals surface area contributed by atoms with Crippen LogP contribution in [0.5, 0.6) is 0 Å². The number of hydrogen-bond donors (Lipinski definition) is 1. The van der Waals surface area contributed by atoms with Crippen LogP contribution in [0, 0.1) is 18.8 Å². The van der Waals surface area contributed by atoms with Crippen LogP contribution in [0.25, 0.3) is 0 Å². The summed E-state index contributed by atoms with van der Waals surface area (Å²) in [7, 11) is 0. The molecule has 0 bridgehead atoms. The van der Waals surface area contributed by atoms with Gasteiger partial charge < -0.3 is 10.2 Å². The van der Waals surface area contributed by atoms with E-state index >= 15 is 0 Å². The van der Waals surface area contributed by atoms with Crippen molar-refractivity contribution >= 4 is 5.69 Å². The predicted octanol–water partition coefficient (Wildman–Crippen LogP) is 3.85. The summed E-state index contributed by atoms with van der Waals surface area (Å²) in [4.78, 5) is 2.55. The summed E-state index contributed by atoms with van der Waals surface area (Å²) in [6.07, 6.45) is 2.58. The highest BCUT2D eigenvalue weighted by Gasteiger charge is 2.24. The van der Waals surface area contributed by atoms with Crippen LogP contribution in [0.4, 0.5) is 5.69 Å². The van der Waals surface area contributed by atoms with E-state index in [1.165, 1.54) is 30.6 Å². The Balaban J connectivity index is 1.94. The van der Waals surface area contributed by atoms with Crippen LogP contribution in [0.15, 0.2) is 24.3 Å². The molecule has 20 heavy (non-hydrogen) atoms. The molecular formula is C18H30N2. The Labute approximate surface area is 124 Å². The van der Waals surface area contributed by atoms with Gasteiger partial charge in [-0.05, 0) is 55.8 Å². The quantitative estimate of drug-likeness (QED) is 0.877. The molecule has 1 heterocycles. The molecule has 0 aliphatic carbocycles. The Morgan fingerprint density at radius 2 is 2.10 bits per heavy atom. The van der Waals surface area contributed by atoms with Crippen molar-refractivity contribution in [3.8, 4) is 0 Å². The van der Waals surface area contributed by atoms with Crippen molar-refractivity contribution in [2.75, 3.05) is 24.5 Å². The maximum atomic E-state index is 3.76. The molecule has 0 spiro atoms. The van der Waals surface area contributed by atoms with Gasteiger partial charge in [-0.3, -0.25) is 0 Å². The smallest absolute Gasteiger partial charge is 0.0369 e. The topological polar surface area (TPSA) is 15.3 Å². The summed E-state index contributed by atoms with van der Waals surface area (Å²) >= 11 is 0. The fourth-order valence-corrected chi connectivity index (χ4v) is 3.11. The van der Waals surface area contributed by atoms with Crippen LogP contribution in [-0.2, 0) is 0 Å². The molecule has 1 aromatic carbocycles. The minimum Gasteiger partial charge on any atom is -0.370 e. The molecule has 2 heteroatoms. The standard InChI is InChI=1S/C18H30N2/c1-14(2)8-9-19-17-10-16(4)12-20(13-17)18-7-5-6-15(3)11-18/h5-7,11,14,16-17,19H,8-10,12-13H2,1-4H3. The van der Waals surface area contributed by atoms with E-state index in [4.69, 9.17) is 0 Å². The van der Waals surface area contributed by atoms with Gasteiger partial charge in [0.1, 0.15) is 0 Å². The number of nitrogens with one attached hydrogen (secondary N) is 1. The van der Waals surface area contributed by atoms with Gasteiger partial charge in [0, 0.05) is 24.8 Å². The molecule has 1 N–H and O–H groups in total. The van der Waals surface area contributed by atoms with Gasteiger partial charge in [-0.25, -0.2) is 0 Å². The lowest BCUT2D eigenvalue weighted by Crippen LogP contribution is -2.49. The second-order valence-corrected chi connectivity index (χ2v) is 6.92. The first kappa shape index (κ1) is 15.4. The summed E-state index contributed by atoms with van der Waals surface area (Å²) in [5, 5.41) is 3.76. The van der Waals surface area contributed by atoms with Crippen LogP contribution in [0.1, 0.15) is 39.2 Å². The zero-order valence-corrected chi connectivity index (χ0v) is 13.5. The number of hydrogen-bond acceptors (Lipinski definition) is 2. The highest BCUT2D eigenvalue weighted by Crippen LogP contribution is 2.24. The minimum absolute atomic E-state index is 0.637. The number of anilines is 1. The Morgan fingerprint density at radius 3 is 2.80 bits per heavy atom. The first-order valence-electron chi connectivity index (χ1n) is 8.09. The fourth-order valence-electron chi connectivity index (χ4n) is 3.11. The number of nitrogens with zero attached hydrogens (tertiary/aromatic N) is 1. The zero-order chi connectivity index (χ0) is 14.5. The van der Waals surface area contributed by atoms with E-state index in [1.54, 1.807) is 0 Å². The van der Waals surface area contributed by atoms with E-state index in [2.05, 4.69) is 62.2 Å². The maximum Gasteiger partial charge on any atom is 0.0369 e. The molecule has 0 amide bonds. The van der Waals surface area contributed by atoms with Crippen molar-refractivity contribution in [1.82, 2.24) is 5.32 Å². The second kappa shape index (κ2) is 7.12. The van der Waals surface area contributed by atoms with Gasteiger partial charge in [0.25, 0.3) is 0 Å². The SMILES string of the molecule is Cc1cccc(N2CC(C)CC(NCCC(C)C)C2)c1. The first-order valence-corrected chi connectivity index (χ1v) is 8.09. The molecule has 1 saturated heterocycles. The molecule has 1 aliphatic heterocycles. The van der Waals surface area contributed by atoms with Crippen molar-refractivity contribution in [1.29, 1.82) is 0 Å². The molecule has 2 rings (SSSR count). The van der Waals surface area contributed by atoms with E-state index in [0.29, 0.717) is 6.04 Å². The van der Waals surface area contributed by atoms with Gasteiger partial charge in [0.15, 0.2) is 0 Å². The molecule has 1 aromatic rings. The predicted molar refractivity (Wildman–Crippen MR) is 88.4 cm³/mol. The summed E-state index contributed by atoms with van der Waals surface area (Å²) in [6, 6.07) is 9.54. The van der Waals surface area contributed by atoms with E-state index in [-0.39, 0.29) is 0 Å². The van der Waals surface area contributed by atoms with Crippen LogP contribution >= 0.6 is 0 Å². The number of aryl methyl sites for hydroxylation is 1. The molecule has 0 aromatic heterocycles. The van der Waals surface area contributed by atoms with Crippen molar-refractivity contribution in [3.05, 3.63) is 29.8 Å². The van der Waals surface area contributed by atoms with Crippen molar-refractivity contribution in [2.45, 2.75) is 46.6 Å². The summed E-state index contributed by atoms with van der Waals surface area (Å²) in [6.45, 7) is 12.6. The number of piperidine rings is 1. The van der Waals surface area contributed by atoms with Crippen molar-refractivity contribution in [2.24, 2.45) is 11.8 Å². The molecule has 2 unspecified atom stereocenters. The Kier molecular flexibility index (Phi) is 5.47. The molecule has 1 fully saturated rings. The molecule has 1 aliphatic rings. The van der Waals surface area contributed by atoms with Gasteiger partial charge >= 0.3 is 0 Å². The van der Waals surface area contributed by atoms with Crippen LogP contribution in [0.2, 0.25) is 0 Å². The Morgan fingerprint density at radius 1 is 1.30 bits per heavy atom. The molecule has 2 atom stereocenters. The van der Waals surface area contributed by atoms with Gasteiger partial charge in [0.2, 0.25) is 0 Å². The summed E-state index contributed by atoms with van der Waals surface area (Å²) in [5.74, 6) is 1.55. The molecule has 112 valence electrons. The molecule has 0 radical (unpaired) electrons. The lowest BCUT2D eigenvalue weighted by molar-refractivity contribution is 0.344. The highest BCUT2D eigenvalue weighted by molar-refractivity contribution is 5.49. The highest BCUT2D eigenvalue weighted by atomic mass is 15.2. The zero-order valence-electron chi connectivity index (χ0n) is 13.5. The second-order valence-electron chi connectivity index (χ2n) is 6.92. The van der Waals surface area contributed by atoms with Gasteiger partial charge in [-0.1, -0.05) is 32.9 Å². The Bertz CT molecular complexity index is 414. The average molecular weight is 274 g/mol. The largest absolute Gasteiger partial charge is 0.370 e. The van der Waals surface area contributed by atoms with E-state index in [0.717, 1.165) is 24.9 Å². The average Bonchev–Trinajstić information content (AvgIpc) is 2.37. The third kappa shape index (κ3) is 4.52. The number of benzene rings is 1. The van der Waals surface area contributed by atoms with Crippen molar-refractivity contribution in [3.63, 3.8) is 0 Å². The normalized spacial score (nSPS) is 23.4. The fraction of sp³-hybridized carbons (Fsp3) is 0.667. The molecule has 0 saturated carbocycles. The number of rotatable bonds is 5. The van der Waals surface area contributed by atoms with Crippen LogP contribution in [-0.4, -0.2) is 25.7 Å². The Hall–Kier alpha value is -1.02. The maximum absolute atomic E-state index is 3.76. The van der Waals surface area contributed by atoms with E-state index < -0.39 is 0 Å². The monoisotopic (exact) mass is 274 g/mol. The van der Waals surface area contributed by atoms with Crippen LogP contribution in [0.3, 0.4) is 0 Å². The van der Waals surface area contributed by atoms with E-state index in [9.17, 15) is 0 Å². The summed E-state index contributed by atoms with van der Waals surface area (Å²) < 4.78 is 0. The van der Waals surface area contributed by atoms with Gasteiger partial charge in [0.05, 0.1) is 0 Å². The summed E-state index contributed by atoms with van der Waals surface area (Å²) in [5.41, 5.74) is 2.73. The van der Waals surface area contributed by atoms with Gasteiger partial charge in [-0.15, -0.1) is 0 Å². The first-order chi connectivity index (χ1) is 9.54. The lowest BCUT2D eigenvalue weighted by atomic mass is 9.95. The van der Waals surface area contributed by atoms with Gasteiger partial charge in [-0.2, -0.15) is 0 Å². The van der Waals surface area contributed by atoms with E-state index in [1.807, 2.05) is 0 Å².